The van der Waals surface area contributed by atoms with Crippen molar-refractivity contribution < 1.29 is 4.79 Å². The van der Waals surface area contributed by atoms with Crippen LogP contribution < -0.4 is 4.80 Å². The summed E-state index contributed by atoms with van der Waals surface area (Å²) in [6.07, 6.45) is 5.11. The van der Waals surface area contributed by atoms with Crippen molar-refractivity contribution in [3.8, 4) is 0 Å². The van der Waals surface area contributed by atoms with Crippen LogP contribution >= 0.6 is 11.3 Å². The zero-order valence-electron chi connectivity index (χ0n) is 11.6. The van der Waals surface area contributed by atoms with Gasteiger partial charge in [-0.3, -0.25) is 4.79 Å². The highest BCUT2D eigenvalue weighted by molar-refractivity contribution is 7.16. The fourth-order valence-electron chi connectivity index (χ4n) is 2.12. The molecule has 0 fully saturated rings. The van der Waals surface area contributed by atoms with E-state index in [1.807, 2.05) is 28.8 Å². The van der Waals surface area contributed by atoms with Gasteiger partial charge >= 0.3 is 5.91 Å². The predicted octanol–water partition coefficient (Wildman–Crippen LogP) is 2.36. The lowest BCUT2D eigenvalue weighted by molar-refractivity contribution is 0.0985. The second-order valence-electron chi connectivity index (χ2n) is 4.53. The Bertz CT molecular complexity index is 884. The molecule has 1 aromatic carbocycles. The Labute approximate surface area is 125 Å². The minimum Gasteiger partial charge on any atom is -0.330 e. The van der Waals surface area contributed by atoms with E-state index >= 15 is 0 Å². The third-order valence-corrected chi connectivity index (χ3v) is 4.17. The third-order valence-electron chi connectivity index (χ3n) is 3.11. The zero-order valence-corrected chi connectivity index (χ0v) is 12.4. The number of hydrogen-bond donors (Lipinski definition) is 0. The molecule has 0 radical (unpaired) electrons. The number of hydrogen-bond acceptors (Lipinski definition) is 3. The highest BCUT2D eigenvalue weighted by Crippen LogP contribution is 2.16. The summed E-state index contributed by atoms with van der Waals surface area (Å²) in [5.74, 6) is -0.00974. The molecule has 106 valence electrons. The third kappa shape index (κ3) is 2.45. The number of aryl methyl sites for hydroxylation is 1. The van der Waals surface area contributed by atoms with Crippen LogP contribution in [0.1, 0.15) is 10.6 Å². The number of benzene rings is 1. The van der Waals surface area contributed by atoms with E-state index in [0.717, 1.165) is 10.2 Å². The van der Waals surface area contributed by atoms with E-state index < -0.39 is 0 Å². The van der Waals surface area contributed by atoms with E-state index in [1.165, 1.54) is 11.3 Å². The molecule has 0 atom stereocenters. The van der Waals surface area contributed by atoms with Crippen molar-refractivity contribution in [2.75, 3.05) is 0 Å². The molecule has 3 rings (SSSR count). The second-order valence-corrected chi connectivity index (χ2v) is 5.54. The van der Waals surface area contributed by atoms with Crippen LogP contribution in [-0.4, -0.2) is 20.0 Å². The minimum atomic E-state index is -0.341. The van der Waals surface area contributed by atoms with Crippen LogP contribution in [0.5, 0.6) is 0 Å². The van der Waals surface area contributed by atoms with E-state index in [1.54, 1.807) is 30.1 Å². The van der Waals surface area contributed by atoms with Gasteiger partial charge in [-0.2, -0.15) is 4.99 Å². The predicted molar refractivity (Wildman–Crippen MR) is 83.1 cm³/mol. The number of para-hydroxylation sites is 1. The van der Waals surface area contributed by atoms with Crippen LogP contribution in [0.25, 0.3) is 10.2 Å². The van der Waals surface area contributed by atoms with E-state index in [4.69, 9.17) is 0 Å². The summed E-state index contributed by atoms with van der Waals surface area (Å²) >= 11 is 1.49. The average Bonchev–Trinajstić information content (AvgIpc) is 3.04. The summed E-state index contributed by atoms with van der Waals surface area (Å²) in [6, 6.07) is 7.98. The number of rotatable bonds is 3. The molecule has 0 aliphatic carbocycles. The molecule has 21 heavy (non-hydrogen) atoms. The largest absolute Gasteiger partial charge is 0.330 e. The van der Waals surface area contributed by atoms with E-state index in [9.17, 15) is 4.79 Å². The van der Waals surface area contributed by atoms with Crippen molar-refractivity contribution in [2.45, 2.75) is 6.54 Å². The first-order valence-corrected chi connectivity index (χ1v) is 7.28. The van der Waals surface area contributed by atoms with Crippen LogP contribution in [0.2, 0.25) is 0 Å². The lowest BCUT2D eigenvalue weighted by Crippen LogP contribution is -2.17. The van der Waals surface area contributed by atoms with Gasteiger partial charge in [0.1, 0.15) is 0 Å². The summed E-state index contributed by atoms with van der Waals surface area (Å²) < 4.78 is 4.73. The van der Waals surface area contributed by atoms with Crippen molar-refractivity contribution in [1.29, 1.82) is 0 Å². The Hall–Kier alpha value is -2.47. The van der Waals surface area contributed by atoms with Crippen LogP contribution in [0.4, 0.5) is 0 Å². The molecule has 0 saturated carbocycles. The molecule has 0 bridgehead atoms. The summed E-state index contributed by atoms with van der Waals surface area (Å²) in [6.45, 7) is 4.38. The molecule has 0 saturated heterocycles. The minimum absolute atomic E-state index is 0.331. The van der Waals surface area contributed by atoms with Crippen molar-refractivity contribution in [2.24, 2.45) is 12.0 Å². The van der Waals surface area contributed by atoms with Gasteiger partial charge in [-0.05, 0) is 12.1 Å². The van der Waals surface area contributed by atoms with Crippen LogP contribution in [0, 0.1) is 0 Å². The summed E-state index contributed by atoms with van der Waals surface area (Å²) in [5.41, 5.74) is 1.05. The maximum atomic E-state index is 12.2. The van der Waals surface area contributed by atoms with Gasteiger partial charge in [-0.15, -0.1) is 6.58 Å². The first-order valence-electron chi connectivity index (χ1n) is 6.46. The first-order chi connectivity index (χ1) is 10.2. The van der Waals surface area contributed by atoms with Gasteiger partial charge in [-0.25, -0.2) is 4.98 Å². The molecule has 2 aromatic heterocycles. The Kier molecular flexibility index (Phi) is 3.53. The highest BCUT2D eigenvalue weighted by atomic mass is 32.1. The Morgan fingerprint density at radius 2 is 2.29 bits per heavy atom. The first kappa shape index (κ1) is 13.5. The number of imidazole rings is 1. The molecule has 1 amide bonds. The molecular weight excluding hydrogens is 284 g/mol. The number of nitrogens with zero attached hydrogens (tertiary/aromatic N) is 4. The van der Waals surface area contributed by atoms with E-state index in [2.05, 4.69) is 16.6 Å². The molecule has 0 N–H and O–H groups in total. The van der Waals surface area contributed by atoms with Gasteiger partial charge in [-0.1, -0.05) is 29.5 Å². The van der Waals surface area contributed by atoms with Gasteiger partial charge in [0, 0.05) is 26.0 Å². The summed E-state index contributed by atoms with van der Waals surface area (Å²) in [7, 11) is 1.78. The second kappa shape index (κ2) is 5.49. The molecule has 5 nitrogen and oxygen atoms in total. The maximum absolute atomic E-state index is 12.2. The summed E-state index contributed by atoms with van der Waals surface area (Å²) in [5, 5.41) is 0. The zero-order chi connectivity index (χ0) is 14.8. The standard InChI is InChI=1S/C15H14N4OS/c1-3-9-19-11-6-4-5-7-12(11)21-15(19)17-14(20)13-16-8-10-18(13)2/h3-8,10H,1,9H2,2H3. The number of thiazole rings is 1. The molecule has 0 aliphatic rings. The number of carbonyl (C=O) groups is 1. The fourth-order valence-corrected chi connectivity index (χ4v) is 3.16. The van der Waals surface area contributed by atoms with Gasteiger partial charge in [0.2, 0.25) is 5.82 Å². The topological polar surface area (TPSA) is 52.2 Å². The number of fused-ring (bicyclic) bond motifs is 1. The van der Waals surface area contributed by atoms with Gasteiger partial charge in [0.15, 0.2) is 4.80 Å². The highest BCUT2D eigenvalue weighted by Gasteiger charge is 2.11. The van der Waals surface area contributed by atoms with Crippen LogP contribution in [0.15, 0.2) is 54.3 Å². The molecule has 0 aliphatic heterocycles. The quantitative estimate of drug-likeness (QED) is 0.697. The van der Waals surface area contributed by atoms with E-state index in [0.29, 0.717) is 17.2 Å². The number of amides is 1. The molecule has 6 heteroatoms. The summed E-state index contributed by atoms with van der Waals surface area (Å²) in [4.78, 5) is 21.2. The molecule has 0 unspecified atom stereocenters. The van der Waals surface area contributed by atoms with Crippen LogP contribution in [0.3, 0.4) is 0 Å². The Morgan fingerprint density at radius 1 is 1.48 bits per heavy atom. The smallest absolute Gasteiger partial charge is 0.315 e. The van der Waals surface area contributed by atoms with Gasteiger partial charge < -0.3 is 9.13 Å². The number of allylic oxidation sites excluding steroid dienone is 1. The Balaban J connectivity index is 2.17. The molecular formula is C15H14N4OS. The van der Waals surface area contributed by atoms with Crippen molar-refractivity contribution in [3.63, 3.8) is 0 Å². The fraction of sp³-hybridized carbons (Fsp3) is 0.133. The molecule has 0 spiro atoms. The van der Waals surface area contributed by atoms with E-state index in [-0.39, 0.29) is 5.91 Å². The SMILES string of the molecule is C=CCn1c(=NC(=O)c2nccn2C)sc2ccccc21. The average molecular weight is 298 g/mol. The Morgan fingerprint density at radius 3 is 3.00 bits per heavy atom. The monoisotopic (exact) mass is 298 g/mol. The normalized spacial score (nSPS) is 12.0. The van der Waals surface area contributed by atoms with Gasteiger partial charge in [0.05, 0.1) is 10.2 Å². The molecule has 2 heterocycles. The van der Waals surface area contributed by atoms with Crippen LogP contribution in [-0.2, 0) is 13.6 Å². The van der Waals surface area contributed by atoms with Gasteiger partial charge in [0.25, 0.3) is 0 Å². The maximum Gasteiger partial charge on any atom is 0.315 e. The molecule has 3 aromatic rings. The van der Waals surface area contributed by atoms with Crippen molar-refractivity contribution >= 4 is 27.5 Å². The number of carbonyl (C=O) groups excluding carboxylic acids is 1. The lowest BCUT2D eigenvalue weighted by Gasteiger charge is -2.00. The lowest BCUT2D eigenvalue weighted by atomic mass is 10.3. The number of aromatic nitrogens is 3. The van der Waals surface area contributed by atoms with Crippen molar-refractivity contribution in [3.05, 3.63) is 59.9 Å². The van der Waals surface area contributed by atoms with Crippen molar-refractivity contribution in [1.82, 2.24) is 14.1 Å².